The molecule has 1 saturated heterocycles. The van der Waals surface area contributed by atoms with Crippen LogP contribution in [0.4, 0.5) is 4.79 Å². The number of carbonyl (C=O) groups excluding carboxylic acids is 2. The van der Waals surface area contributed by atoms with Crippen molar-refractivity contribution in [3.63, 3.8) is 0 Å². The second-order valence-electron chi connectivity index (χ2n) is 8.44. The van der Waals surface area contributed by atoms with Gasteiger partial charge in [-0.15, -0.1) is 0 Å². The van der Waals surface area contributed by atoms with Gasteiger partial charge in [-0.3, -0.25) is 9.69 Å². The Morgan fingerprint density at radius 2 is 2.00 bits per heavy atom. The fraction of sp³-hybridized carbons (Fsp3) is 0.360. The Morgan fingerprint density at radius 3 is 2.77 bits per heavy atom. The summed E-state index contributed by atoms with van der Waals surface area (Å²) >= 11 is 3.50. The van der Waals surface area contributed by atoms with E-state index in [-0.39, 0.29) is 30.2 Å². The van der Waals surface area contributed by atoms with Crippen LogP contribution in [0.25, 0.3) is 6.08 Å². The van der Waals surface area contributed by atoms with Crippen LogP contribution in [0.15, 0.2) is 34.5 Å². The van der Waals surface area contributed by atoms with Crippen LogP contribution < -0.4 is 9.47 Å². The molecule has 2 aromatic rings. The maximum absolute atomic E-state index is 13.2. The molecular formula is C25H25BrN2O7. The highest BCUT2D eigenvalue weighted by molar-refractivity contribution is 9.10. The van der Waals surface area contributed by atoms with E-state index in [0.717, 1.165) is 10.0 Å². The lowest BCUT2D eigenvalue weighted by Gasteiger charge is -2.34. The predicted octanol–water partition coefficient (Wildman–Crippen LogP) is 3.91. The van der Waals surface area contributed by atoms with E-state index in [0.29, 0.717) is 74.1 Å². The monoisotopic (exact) mass is 544 g/mol. The van der Waals surface area contributed by atoms with E-state index >= 15 is 0 Å². The summed E-state index contributed by atoms with van der Waals surface area (Å²) in [5, 5.41) is 10.6. The highest BCUT2D eigenvalue weighted by atomic mass is 79.9. The normalized spacial score (nSPS) is 18.6. The van der Waals surface area contributed by atoms with E-state index in [9.17, 15) is 14.7 Å². The van der Waals surface area contributed by atoms with Gasteiger partial charge in [0.05, 0.1) is 24.3 Å². The van der Waals surface area contributed by atoms with Gasteiger partial charge in [-0.25, -0.2) is 4.79 Å². The van der Waals surface area contributed by atoms with Crippen LogP contribution in [0.1, 0.15) is 34.0 Å². The number of Topliss-reactive ketones (excluding diaryl/α,β-unsaturated/α-hetero) is 1. The van der Waals surface area contributed by atoms with Gasteiger partial charge < -0.3 is 29.0 Å². The van der Waals surface area contributed by atoms with E-state index in [2.05, 4.69) is 20.8 Å². The van der Waals surface area contributed by atoms with Crippen molar-refractivity contribution in [1.29, 1.82) is 0 Å². The molecule has 2 aromatic carbocycles. The number of fused-ring (bicyclic) bond motifs is 2. The number of ether oxygens (including phenoxy) is 4. The summed E-state index contributed by atoms with van der Waals surface area (Å²) in [5.41, 5.74) is 2.53. The Bertz CT molecular complexity index is 1200. The zero-order valence-electron chi connectivity index (χ0n) is 19.2. The molecule has 1 fully saturated rings. The highest BCUT2D eigenvalue weighted by Gasteiger charge is 2.33. The lowest BCUT2D eigenvalue weighted by atomic mass is 10.0. The summed E-state index contributed by atoms with van der Waals surface area (Å²) in [6.07, 6.45) is 1.35. The summed E-state index contributed by atoms with van der Waals surface area (Å²) in [7, 11) is 0. The number of rotatable bonds is 4. The third-order valence-corrected chi connectivity index (χ3v) is 6.64. The number of aromatic hydroxyl groups is 1. The molecule has 1 amide bonds. The molecule has 184 valence electrons. The number of piperazine rings is 1. The molecule has 5 rings (SSSR count). The number of allylic oxidation sites excluding steroid dienone is 1. The predicted molar refractivity (Wildman–Crippen MR) is 129 cm³/mol. The van der Waals surface area contributed by atoms with Crippen LogP contribution >= 0.6 is 15.9 Å². The first-order valence-corrected chi connectivity index (χ1v) is 12.2. The van der Waals surface area contributed by atoms with Crippen molar-refractivity contribution >= 4 is 33.9 Å². The van der Waals surface area contributed by atoms with E-state index < -0.39 is 0 Å². The van der Waals surface area contributed by atoms with Crippen LogP contribution in [0.5, 0.6) is 17.2 Å². The zero-order chi connectivity index (χ0) is 24.5. The van der Waals surface area contributed by atoms with E-state index in [1.54, 1.807) is 24.0 Å². The molecule has 0 radical (unpaired) electrons. The van der Waals surface area contributed by atoms with Crippen molar-refractivity contribution in [3.05, 3.63) is 56.8 Å². The average Bonchev–Trinajstić information content (AvgIpc) is 3.16. The van der Waals surface area contributed by atoms with Gasteiger partial charge in [-0.2, -0.15) is 0 Å². The number of nitrogens with zero attached hydrogens (tertiary/aromatic N) is 2. The fourth-order valence-electron chi connectivity index (χ4n) is 4.43. The molecule has 0 spiro atoms. The number of amides is 1. The Balaban J connectivity index is 1.37. The Labute approximate surface area is 210 Å². The van der Waals surface area contributed by atoms with Crippen LogP contribution in [0, 0.1) is 0 Å². The van der Waals surface area contributed by atoms with Gasteiger partial charge in [0.15, 0.2) is 12.6 Å². The number of ketones is 1. The number of hydrogen-bond acceptors (Lipinski definition) is 8. The van der Waals surface area contributed by atoms with E-state index in [1.165, 1.54) is 6.07 Å². The molecule has 0 bridgehead atoms. The fourth-order valence-corrected chi connectivity index (χ4v) is 4.96. The van der Waals surface area contributed by atoms with Crippen molar-refractivity contribution in [3.8, 4) is 17.2 Å². The molecule has 0 unspecified atom stereocenters. The van der Waals surface area contributed by atoms with Gasteiger partial charge in [0.2, 0.25) is 5.78 Å². The molecule has 0 aromatic heterocycles. The maximum Gasteiger partial charge on any atom is 0.409 e. The average molecular weight is 545 g/mol. The van der Waals surface area contributed by atoms with Gasteiger partial charge in [0, 0.05) is 48.3 Å². The molecule has 10 heteroatoms. The molecule has 0 saturated carbocycles. The van der Waals surface area contributed by atoms with Crippen molar-refractivity contribution in [2.75, 3.05) is 39.6 Å². The topological polar surface area (TPSA) is 97.8 Å². The lowest BCUT2D eigenvalue weighted by Crippen LogP contribution is -2.48. The number of halogens is 1. The SMILES string of the molecule is CCOC(=O)N1CCN(Cc2c(O)ccc3c2O/C(=C/c2cc(Br)cc4c2OCOC4)C3=O)CC1. The number of phenols is 1. The smallest absolute Gasteiger partial charge is 0.409 e. The summed E-state index contributed by atoms with van der Waals surface area (Å²) < 4.78 is 23.0. The molecular weight excluding hydrogens is 520 g/mol. The van der Waals surface area contributed by atoms with Gasteiger partial charge in [0.25, 0.3) is 0 Å². The quantitative estimate of drug-likeness (QED) is 0.578. The minimum atomic E-state index is -0.315. The van der Waals surface area contributed by atoms with Crippen molar-refractivity contribution in [2.45, 2.75) is 20.1 Å². The third kappa shape index (κ3) is 4.73. The van der Waals surface area contributed by atoms with Gasteiger partial charge in [-0.1, -0.05) is 15.9 Å². The van der Waals surface area contributed by atoms with E-state index in [4.69, 9.17) is 18.9 Å². The summed E-state index contributed by atoms with van der Waals surface area (Å²) in [6, 6.07) is 6.88. The molecule has 9 nitrogen and oxygen atoms in total. The maximum atomic E-state index is 13.2. The van der Waals surface area contributed by atoms with E-state index in [1.807, 2.05) is 12.1 Å². The minimum Gasteiger partial charge on any atom is -0.507 e. The first kappa shape index (κ1) is 23.7. The summed E-state index contributed by atoms with van der Waals surface area (Å²) in [5.74, 6) is 0.985. The Kier molecular flexibility index (Phi) is 6.68. The van der Waals surface area contributed by atoms with Crippen LogP contribution in [-0.4, -0.2) is 66.4 Å². The van der Waals surface area contributed by atoms with Crippen molar-refractivity contribution < 1.29 is 33.6 Å². The van der Waals surface area contributed by atoms with Gasteiger partial charge in [-0.05, 0) is 37.3 Å². The molecule has 3 aliphatic heterocycles. The second-order valence-corrected chi connectivity index (χ2v) is 9.35. The molecule has 0 aliphatic carbocycles. The summed E-state index contributed by atoms with van der Waals surface area (Å²) in [6.45, 7) is 5.34. The van der Waals surface area contributed by atoms with Gasteiger partial charge >= 0.3 is 6.09 Å². The zero-order valence-corrected chi connectivity index (χ0v) is 20.8. The molecule has 0 atom stereocenters. The number of carbonyl (C=O) groups is 2. The van der Waals surface area contributed by atoms with Gasteiger partial charge in [0.1, 0.15) is 17.2 Å². The molecule has 3 aliphatic rings. The Hall–Kier alpha value is -3.08. The first-order valence-electron chi connectivity index (χ1n) is 11.4. The lowest BCUT2D eigenvalue weighted by molar-refractivity contribution is -0.0165. The number of benzene rings is 2. The summed E-state index contributed by atoms with van der Waals surface area (Å²) in [4.78, 5) is 28.9. The molecule has 35 heavy (non-hydrogen) atoms. The third-order valence-electron chi connectivity index (χ3n) is 6.19. The molecule has 3 heterocycles. The highest BCUT2D eigenvalue weighted by Crippen LogP contribution is 2.41. The minimum absolute atomic E-state index is 0.0611. The van der Waals surface area contributed by atoms with Crippen LogP contribution in [-0.2, 0) is 22.6 Å². The van der Waals surface area contributed by atoms with Crippen molar-refractivity contribution in [2.24, 2.45) is 0 Å². The standard InChI is InChI=1S/C25H25BrN2O7/c1-2-33-25(31)28-7-5-27(6-8-28)12-19-20(29)4-3-18-22(30)21(35-24(18)19)11-15-9-17(26)10-16-13-32-14-34-23(15)16/h3-4,9-11,29H,2,5-8,12-14H2,1H3/b21-11+. The van der Waals surface area contributed by atoms with Crippen molar-refractivity contribution in [1.82, 2.24) is 9.80 Å². The number of hydrogen-bond donors (Lipinski definition) is 1. The first-order chi connectivity index (χ1) is 16.9. The molecule has 1 N–H and O–H groups in total. The van der Waals surface area contributed by atoms with Crippen LogP contribution in [0.3, 0.4) is 0 Å². The second kappa shape index (κ2) is 9.88. The number of phenolic OH excluding ortho intramolecular Hbond substituents is 1. The largest absolute Gasteiger partial charge is 0.507 e. The van der Waals surface area contributed by atoms with Crippen LogP contribution in [0.2, 0.25) is 0 Å². The Morgan fingerprint density at radius 1 is 1.20 bits per heavy atom.